The van der Waals surface area contributed by atoms with Crippen LogP contribution in [-0.4, -0.2) is 63.9 Å². The van der Waals surface area contributed by atoms with Gasteiger partial charge in [0, 0.05) is 54.5 Å². The van der Waals surface area contributed by atoms with Crippen LogP contribution in [-0.2, 0) is 4.74 Å². The number of pyridine rings is 1. The summed E-state index contributed by atoms with van der Waals surface area (Å²) in [5.41, 5.74) is 6.93. The Morgan fingerprint density at radius 2 is 1.89 bits per heavy atom. The third-order valence-corrected chi connectivity index (χ3v) is 7.75. The summed E-state index contributed by atoms with van der Waals surface area (Å²) in [4.78, 5) is 9.50. The van der Waals surface area contributed by atoms with E-state index in [-0.39, 0.29) is 12.1 Å². The minimum Gasteiger partial charge on any atom is -0.379 e. The van der Waals surface area contributed by atoms with Crippen LogP contribution in [0.5, 0.6) is 0 Å². The Morgan fingerprint density at radius 1 is 1.09 bits per heavy atom. The van der Waals surface area contributed by atoms with E-state index < -0.39 is 0 Å². The predicted octanol–water partition coefficient (Wildman–Crippen LogP) is 4.76. The first-order valence-electron chi connectivity index (χ1n) is 12.2. The Balaban J connectivity index is 1.55. The molecule has 6 nitrogen and oxygen atoms in total. The zero-order valence-corrected chi connectivity index (χ0v) is 22.1. The number of hydrogen-bond donors (Lipinski definition) is 1. The summed E-state index contributed by atoms with van der Waals surface area (Å²) in [6.45, 7) is 11.8. The summed E-state index contributed by atoms with van der Waals surface area (Å²) in [5.74, 6) is 0. The van der Waals surface area contributed by atoms with Crippen LogP contribution in [0.1, 0.15) is 40.3 Å². The van der Waals surface area contributed by atoms with Crippen molar-refractivity contribution in [3.63, 3.8) is 0 Å². The van der Waals surface area contributed by atoms with Gasteiger partial charge in [0.15, 0.2) is 5.11 Å². The van der Waals surface area contributed by atoms with E-state index in [9.17, 15) is 0 Å². The van der Waals surface area contributed by atoms with E-state index in [1.807, 2.05) is 30.5 Å². The summed E-state index contributed by atoms with van der Waals surface area (Å²) in [6, 6.07) is 14.5. The van der Waals surface area contributed by atoms with E-state index in [0.717, 1.165) is 60.9 Å². The highest BCUT2D eigenvalue weighted by atomic mass is 35.5. The number of aryl methyl sites for hydroxylation is 2. The molecule has 4 heterocycles. The molecule has 1 N–H and O–H groups in total. The summed E-state index contributed by atoms with van der Waals surface area (Å²) in [7, 11) is 0. The first-order chi connectivity index (χ1) is 16.9. The minimum atomic E-state index is -0.0252. The Labute approximate surface area is 217 Å². The van der Waals surface area contributed by atoms with Crippen molar-refractivity contribution in [3.8, 4) is 5.69 Å². The molecule has 3 aromatic rings. The Bertz CT molecular complexity index is 1210. The molecule has 8 heteroatoms. The number of morpholine rings is 1. The average molecular weight is 510 g/mol. The molecular weight excluding hydrogens is 478 g/mol. The van der Waals surface area contributed by atoms with Gasteiger partial charge in [0.25, 0.3) is 0 Å². The smallest absolute Gasteiger partial charge is 0.170 e. The van der Waals surface area contributed by atoms with Crippen molar-refractivity contribution in [1.29, 1.82) is 0 Å². The maximum Gasteiger partial charge on any atom is 0.170 e. The van der Waals surface area contributed by atoms with Crippen molar-refractivity contribution in [2.24, 2.45) is 0 Å². The van der Waals surface area contributed by atoms with Gasteiger partial charge >= 0.3 is 0 Å². The Hall–Kier alpha value is -2.45. The summed E-state index contributed by atoms with van der Waals surface area (Å²) >= 11 is 12.3. The van der Waals surface area contributed by atoms with Gasteiger partial charge in [-0.3, -0.25) is 9.88 Å². The number of benzene rings is 1. The number of hydrogen-bond acceptors (Lipinski definition) is 4. The highest BCUT2D eigenvalue weighted by Crippen LogP contribution is 2.41. The molecule has 2 fully saturated rings. The number of rotatable bonds is 6. The largest absolute Gasteiger partial charge is 0.379 e. The van der Waals surface area contributed by atoms with Gasteiger partial charge in [-0.05, 0) is 74.4 Å². The normalized spacial score (nSPS) is 20.9. The van der Waals surface area contributed by atoms with Crippen molar-refractivity contribution in [2.75, 3.05) is 39.4 Å². The lowest BCUT2D eigenvalue weighted by Gasteiger charge is -2.32. The molecule has 2 aromatic heterocycles. The predicted molar refractivity (Wildman–Crippen MR) is 144 cm³/mol. The molecule has 1 aromatic carbocycles. The van der Waals surface area contributed by atoms with Gasteiger partial charge in [-0.15, -0.1) is 0 Å². The number of nitrogens with zero attached hydrogens (tertiary/aromatic N) is 4. The van der Waals surface area contributed by atoms with Crippen LogP contribution in [0.15, 0.2) is 48.7 Å². The Morgan fingerprint density at radius 3 is 2.63 bits per heavy atom. The molecule has 0 bridgehead atoms. The second kappa shape index (κ2) is 10.3. The fraction of sp³-hybridized carbons (Fsp3) is 0.407. The fourth-order valence-electron chi connectivity index (χ4n) is 5.34. The van der Waals surface area contributed by atoms with E-state index in [1.165, 1.54) is 22.5 Å². The Kier molecular flexibility index (Phi) is 7.12. The number of halogens is 1. The average Bonchev–Trinajstić information content (AvgIpc) is 3.35. The van der Waals surface area contributed by atoms with Crippen molar-refractivity contribution in [1.82, 2.24) is 24.7 Å². The highest BCUT2D eigenvalue weighted by molar-refractivity contribution is 7.80. The van der Waals surface area contributed by atoms with Gasteiger partial charge in [0.1, 0.15) is 0 Å². The van der Waals surface area contributed by atoms with Gasteiger partial charge in [0.05, 0.1) is 31.0 Å². The van der Waals surface area contributed by atoms with E-state index in [0.29, 0.717) is 0 Å². The first-order valence-corrected chi connectivity index (χ1v) is 13.0. The van der Waals surface area contributed by atoms with Crippen LogP contribution < -0.4 is 5.32 Å². The first kappa shape index (κ1) is 24.3. The highest BCUT2D eigenvalue weighted by Gasteiger charge is 2.41. The van der Waals surface area contributed by atoms with Crippen molar-refractivity contribution >= 4 is 28.9 Å². The SMILES string of the molecule is Cc1ccc(Cl)cc1-n1c(C)cc([C@@H]2[C@H](c3ccccn3)NC(=S)N2CCN2CCOCC2)c1C. The molecular formula is C27H32ClN5OS. The van der Waals surface area contributed by atoms with Crippen LogP contribution in [0.3, 0.4) is 0 Å². The number of thiocarbonyl (C=S) groups is 1. The zero-order chi connectivity index (χ0) is 24.5. The van der Waals surface area contributed by atoms with Crippen LogP contribution in [0.25, 0.3) is 5.69 Å². The lowest BCUT2D eigenvalue weighted by molar-refractivity contribution is 0.0350. The summed E-state index contributed by atoms with van der Waals surface area (Å²) in [5, 5.41) is 5.11. The van der Waals surface area contributed by atoms with Gasteiger partial charge in [-0.1, -0.05) is 23.7 Å². The van der Waals surface area contributed by atoms with E-state index in [2.05, 4.69) is 58.7 Å². The van der Waals surface area contributed by atoms with Gasteiger partial charge in [-0.25, -0.2) is 0 Å². The number of aromatic nitrogens is 2. The van der Waals surface area contributed by atoms with Gasteiger partial charge in [-0.2, -0.15) is 0 Å². The molecule has 2 aliphatic heterocycles. The molecule has 0 saturated carbocycles. The summed E-state index contributed by atoms with van der Waals surface area (Å²) in [6.07, 6.45) is 1.85. The fourth-order valence-corrected chi connectivity index (χ4v) is 5.84. The molecule has 0 spiro atoms. The molecule has 184 valence electrons. The van der Waals surface area contributed by atoms with Gasteiger partial charge in [0.2, 0.25) is 0 Å². The standard InChI is InChI=1S/C27H32ClN5OS/c1-18-7-8-21(28)17-24(18)33-19(2)16-22(20(33)3)26-25(23-6-4-5-9-29-23)30-27(35)32(26)11-10-31-12-14-34-15-13-31/h4-9,16-17,25-26H,10-15H2,1-3H3,(H,30,35)/t25-,26+/m0/s1. The molecule has 0 radical (unpaired) electrons. The van der Waals surface area contributed by atoms with Crippen molar-refractivity contribution in [3.05, 3.63) is 81.9 Å². The van der Waals surface area contributed by atoms with Crippen LogP contribution in [0.4, 0.5) is 0 Å². The molecule has 35 heavy (non-hydrogen) atoms. The lowest BCUT2D eigenvalue weighted by atomic mass is 9.96. The maximum atomic E-state index is 6.40. The second-order valence-electron chi connectivity index (χ2n) is 9.37. The van der Waals surface area contributed by atoms with E-state index in [1.54, 1.807) is 0 Å². The van der Waals surface area contributed by atoms with Crippen LogP contribution in [0.2, 0.25) is 5.02 Å². The van der Waals surface area contributed by atoms with Crippen LogP contribution >= 0.6 is 23.8 Å². The quantitative estimate of drug-likeness (QED) is 0.484. The zero-order valence-electron chi connectivity index (χ0n) is 20.5. The topological polar surface area (TPSA) is 45.6 Å². The molecule has 0 aliphatic carbocycles. The molecule has 5 rings (SSSR count). The molecule has 0 unspecified atom stereocenters. The molecule has 0 amide bonds. The second-order valence-corrected chi connectivity index (χ2v) is 10.2. The third-order valence-electron chi connectivity index (χ3n) is 7.16. The van der Waals surface area contributed by atoms with Gasteiger partial charge < -0.3 is 19.5 Å². The lowest BCUT2D eigenvalue weighted by Crippen LogP contribution is -2.42. The number of nitrogens with one attached hydrogen (secondary N) is 1. The van der Waals surface area contributed by atoms with Crippen molar-refractivity contribution < 1.29 is 4.74 Å². The monoisotopic (exact) mass is 509 g/mol. The van der Waals surface area contributed by atoms with Crippen molar-refractivity contribution in [2.45, 2.75) is 32.9 Å². The maximum absolute atomic E-state index is 6.40. The summed E-state index contributed by atoms with van der Waals surface area (Å²) < 4.78 is 7.85. The molecule has 2 atom stereocenters. The molecule has 2 saturated heterocycles. The third kappa shape index (κ3) is 4.83. The van der Waals surface area contributed by atoms with E-state index in [4.69, 9.17) is 33.5 Å². The molecule has 2 aliphatic rings. The minimum absolute atomic E-state index is 0.0252. The van der Waals surface area contributed by atoms with Crippen LogP contribution in [0, 0.1) is 20.8 Å². The van der Waals surface area contributed by atoms with E-state index >= 15 is 0 Å². The number of ether oxygens (including phenoxy) is 1.